The minimum absolute atomic E-state index is 0.175. The molecule has 0 fully saturated rings. The molecule has 0 saturated carbocycles. The van der Waals surface area contributed by atoms with E-state index in [4.69, 9.17) is 0 Å². The Morgan fingerprint density at radius 2 is 2.20 bits per heavy atom. The van der Waals surface area contributed by atoms with Gasteiger partial charge < -0.3 is 10.6 Å². The molecule has 0 bridgehead atoms. The Balaban J connectivity index is 2.39. The summed E-state index contributed by atoms with van der Waals surface area (Å²) >= 11 is 0. The second kappa shape index (κ2) is 3.38. The van der Waals surface area contributed by atoms with Crippen LogP contribution in [0.2, 0.25) is 0 Å². The highest BCUT2D eigenvalue weighted by atomic mass is 16.2. The summed E-state index contributed by atoms with van der Waals surface area (Å²) in [5.74, 6) is -0.379. The van der Waals surface area contributed by atoms with E-state index in [2.05, 4.69) is 10.6 Å². The molecule has 1 aliphatic heterocycles. The number of nitrogens with one attached hydrogen (secondary N) is 2. The van der Waals surface area contributed by atoms with E-state index in [0.717, 1.165) is 16.8 Å². The molecule has 4 heteroatoms. The molecule has 1 aliphatic rings. The van der Waals surface area contributed by atoms with Crippen LogP contribution in [0.3, 0.4) is 0 Å². The molecule has 2 amide bonds. The summed E-state index contributed by atoms with van der Waals surface area (Å²) < 4.78 is 0. The summed E-state index contributed by atoms with van der Waals surface area (Å²) in [5, 5.41) is 5.35. The number of carbonyl (C=O) groups is 2. The molecule has 2 rings (SSSR count). The fourth-order valence-electron chi connectivity index (χ4n) is 1.73. The normalized spacial score (nSPS) is 18.3. The number of hydrogen-bond donors (Lipinski definition) is 2. The number of amides is 2. The van der Waals surface area contributed by atoms with Crippen LogP contribution in [0.1, 0.15) is 24.1 Å². The van der Waals surface area contributed by atoms with Gasteiger partial charge in [0.25, 0.3) is 5.91 Å². The van der Waals surface area contributed by atoms with Gasteiger partial charge in [-0.05, 0) is 13.0 Å². The molecule has 0 radical (unpaired) electrons. The van der Waals surface area contributed by atoms with Crippen LogP contribution >= 0.6 is 0 Å². The number of rotatable bonds is 1. The number of aryl methyl sites for hydroxylation is 1. The fraction of sp³-hybridized carbons (Fsp3) is 0.273. The Hall–Kier alpha value is -1.84. The van der Waals surface area contributed by atoms with Crippen LogP contribution in [-0.2, 0) is 9.59 Å². The van der Waals surface area contributed by atoms with Crippen LogP contribution in [0.5, 0.6) is 0 Å². The van der Waals surface area contributed by atoms with Gasteiger partial charge in [-0.1, -0.05) is 17.7 Å². The lowest BCUT2D eigenvalue weighted by Crippen LogP contribution is -2.30. The molecular weight excluding hydrogens is 192 g/mol. The fourth-order valence-corrected chi connectivity index (χ4v) is 1.73. The van der Waals surface area contributed by atoms with E-state index in [0.29, 0.717) is 0 Å². The second-order valence-corrected chi connectivity index (χ2v) is 3.71. The van der Waals surface area contributed by atoms with Crippen molar-refractivity contribution in [2.24, 2.45) is 0 Å². The SMILES string of the molecule is CC(=O)N[C@@H]1C(=O)Nc2ccc(C)cc21. The molecule has 1 aromatic rings. The average Bonchev–Trinajstić information content (AvgIpc) is 2.43. The maximum atomic E-state index is 11.6. The van der Waals surface area contributed by atoms with Crippen LogP contribution in [0, 0.1) is 6.92 Å². The van der Waals surface area contributed by atoms with E-state index in [1.165, 1.54) is 6.92 Å². The van der Waals surface area contributed by atoms with E-state index in [1.807, 2.05) is 25.1 Å². The molecule has 4 nitrogen and oxygen atoms in total. The monoisotopic (exact) mass is 204 g/mol. The van der Waals surface area contributed by atoms with Crippen molar-refractivity contribution in [1.82, 2.24) is 5.32 Å². The first-order valence-corrected chi connectivity index (χ1v) is 4.76. The van der Waals surface area contributed by atoms with E-state index in [-0.39, 0.29) is 11.8 Å². The number of hydrogen-bond acceptors (Lipinski definition) is 2. The van der Waals surface area contributed by atoms with Gasteiger partial charge in [-0.3, -0.25) is 9.59 Å². The number of anilines is 1. The standard InChI is InChI=1S/C11H12N2O2/c1-6-3-4-9-8(5-6)10(11(15)13-9)12-7(2)14/h3-5,10H,1-2H3,(H,12,14)(H,13,15)/t10-/m0/s1. The minimum atomic E-state index is -0.544. The summed E-state index contributed by atoms with van der Waals surface area (Å²) in [4.78, 5) is 22.5. The summed E-state index contributed by atoms with van der Waals surface area (Å²) in [6.07, 6.45) is 0. The van der Waals surface area contributed by atoms with Gasteiger partial charge in [-0.2, -0.15) is 0 Å². The van der Waals surface area contributed by atoms with Gasteiger partial charge in [0.05, 0.1) is 0 Å². The zero-order valence-corrected chi connectivity index (χ0v) is 8.63. The van der Waals surface area contributed by atoms with Gasteiger partial charge in [0, 0.05) is 18.2 Å². The molecule has 1 heterocycles. The van der Waals surface area contributed by atoms with Crippen molar-refractivity contribution in [3.05, 3.63) is 29.3 Å². The maximum absolute atomic E-state index is 11.6. The van der Waals surface area contributed by atoms with Crippen LogP contribution in [0.4, 0.5) is 5.69 Å². The van der Waals surface area contributed by atoms with Crippen molar-refractivity contribution >= 4 is 17.5 Å². The van der Waals surface area contributed by atoms with Crippen LogP contribution in [0.15, 0.2) is 18.2 Å². The largest absolute Gasteiger partial charge is 0.341 e. The zero-order chi connectivity index (χ0) is 11.0. The first-order valence-electron chi connectivity index (χ1n) is 4.76. The summed E-state index contributed by atoms with van der Waals surface area (Å²) in [6, 6.07) is 5.14. The zero-order valence-electron chi connectivity index (χ0n) is 8.63. The third-order valence-corrected chi connectivity index (χ3v) is 2.39. The highest BCUT2D eigenvalue weighted by Gasteiger charge is 2.30. The van der Waals surface area contributed by atoms with Crippen molar-refractivity contribution in [1.29, 1.82) is 0 Å². The number of fused-ring (bicyclic) bond motifs is 1. The highest BCUT2D eigenvalue weighted by molar-refractivity contribution is 6.04. The van der Waals surface area contributed by atoms with Crippen molar-refractivity contribution in [2.45, 2.75) is 19.9 Å². The predicted octanol–water partition coefficient (Wildman–Crippen LogP) is 1.12. The second-order valence-electron chi connectivity index (χ2n) is 3.71. The molecule has 0 saturated heterocycles. The topological polar surface area (TPSA) is 58.2 Å². The van der Waals surface area contributed by atoms with Crippen molar-refractivity contribution in [3.63, 3.8) is 0 Å². The van der Waals surface area contributed by atoms with Gasteiger partial charge in [0.15, 0.2) is 0 Å². The van der Waals surface area contributed by atoms with Crippen molar-refractivity contribution < 1.29 is 9.59 Å². The van der Waals surface area contributed by atoms with E-state index in [9.17, 15) is 9.59 Å². The molecule has 0 aromatic heterocycles. The minimum Gasteiger partial charge on any atom is -0.341 e. The first-order chi connectivity index (χ1) is 7.08. The quantitative estimate of drug-likeness (QED) is 0.720. The first kappa shape index (κ1) is 9.71. The van der Waals surface area contributed by atoms with Crippen molar-refractivity contribution in [2.75, 3.05) is 5.32 Å². The van der Waals surface area contributed by atoms with Crippen LogP contribution < -0.4 is 10.6 Å². The third kappa shape index (κ3) is 1.70. The lowest BCUT2D eigenvalue weighted by molar-refractivity contribution is -0.124. The van der Waals surface area contributed by atoms with Gasteiger partial charge in [0.2, 0.25) is 5.91 Å². The molecule has 0 spiro atoms. The Morgan fingerprint density at radius 1 is 1.47 bits per heavy atom. The molecule has 0 aliphatic carbocycles. The van der Waals surface area contributed by atoms with E-state index in [1.54, 1.807) is 0 Å². The number of benzene rings is 1. The van der Waals surface area contributed by atoms with E-state index < -0.39 is 6.04 Å². The maximum Gasteiger partial charge on any atom is 0.251 e. The summed E-state index contributed by atoms with van der Waals surface area (Å²) in [7, 11) is 0. The summed E-state index contributed by atoms with van der Waals surface area (Å²) in [5.41, 5.74) is 2.69. The molecule has 15 heavy (non-hydrogen) atoms. The third-order valence-electron chi connectivity index (χ3n) is 2.39. The Kier molecular flexibility index (Phi) is 2.19. The Morgan fingerprint density at radius 3 is 2.87 bits per heavy atom. The summed E-state index contributed by atoms with van der Waals surface area (Å²) in [6.45, 7) is 3.36. The average molecular weight is 204 g/mol. The van der Waals surface area contributed by atoms with E-state index >= 15 is 0 Å². The van der Waals surface area contributed by atoms with Crippen molar-refractivity contribution in [3.8, 4) is 0 Å². The predicted molar refractivity (Wildman–Crippen MR) is 56.4 cm³/mol. The van der Waals surface area contributed by atoms with Crippen LogP contribution in [0.25, 0.3) is 0 Å². The molecule has 78 valence electrons. The molecule has 1 aromatic carbocycles. The molecule has 0 unspecified atom stereocenters. The van der Waals surface area contributed by atoms with Crippen LogP contribution in [-0.4, -0.2) is 11.8 Å². The number of carbonyl (C=O) groups excluding carboxylic acids is 2. The highest BCUT2D eigenvalue weighted by Crippen LogP contribution is 2.31. The van der Waals surface area contributed by atoms with Gasteiger partial charge in [0.1, 0.15) is 6.04 Å². The van der Waals surface area contributed by atoms with Gasteiger partial charge in [-0.25, -0.2) is 0 Å². The van der Waals surface area contributed by atoms with Gasteiger partial charge in [-0.15, -0.1) is 0 Å². The molecule has 2 N–H and O–H groups in total. The van der Waals surface area contributed by atoms with Gasteiger partial charge >= 0.3 is 0 Å². The lowest BCUT2D eigenvalue weighted by atomic mass is 10.1. The Bertz CT molecular complexity index is 440. The molecular formula is C11H12N2O2. The molecule has 1 atom stereocenters. The smallest absolute Gasteiger partial charge is 0.251 e. The lowest BCUT2D eigenvalue weighted by Gasteiger charge is -2.09. The Labute approximate surface area is 87.7 Å².